The Hall–Kier alpha value is -2.60. The zero-order valence-electron chi connectivity index (χ0n) is 17.4. The van der Waals surface area contributed by atoms with E-state index in [1.807, 2.05) is 35.2 Å². The van der Waals surface area contributed by atoms with Gasteiger partial charge in [-0.2, -0.15) is 0 Å². The normalized spacial score (nSPS) is 15.8. The predicted octanol–water partition coefficient (Wildman–Crippen LogP) is 5.63. The highest BCUT2D eigenvalue weighted by molar-refractivity contribution is 7.90. The summed E-state index contributed by atoms with van der Waals surface area (Å²) in [6.45, 7) is 1.07. The summed E-state index contributed by atoms with van der Waals surface area (Å²) in [4.78, 5) is 15.4. The molecule has 4 nitrogen and oxygen atoms in total. The molecule has 4 rings (SSSR count). The van der Waals surface area contributed by atoms with Crippen LogP contribution in [0.15, 0.2) is 83.3 Å². The minimum absolute atomic E-state index is 0.0397. The van der Waals surface area contributed by atoms with Crippen molar-refractivity contribution in [3.8, 4) is 0 Å². The number of benzene rings is 3. The van der Waals surface area contributed by atoms with Crippen LogP contribution in [0.3, 0.4) is 0 Å². The van der Waals surface area contributed by atoms with Gasteiger partial charge in [0, 0.05) is 35.0 Å². The number of nitrogens with zero attached hydrogens (tertiary/aromatic N) is 1. The first-order chi connectivity index (χ1) is 15.2. The molecule has 0 N–H and O–H groups in total. The fourth-order valence-corrected chi connectivity index (χ4v) is 4.85. The van der Waals surface area contributed by atoms with Crippen LogP contribution in [0.25, 0.3) is 5.57 Å². The van der Waals surface area contributed by atoms with E-state index in [1.54, 1.807) is 42.5 Å². The van der Waals surface area contributed by atoms with E-state index in [1.165, 1.54) is 6.26 Å². The molecule has 0 atom stereocenters. The average Bonchev–Trinajstić information content (AvgIpc) is 3.09. The van der Waals surface area contributed by atoms with Crippen LogP contribution < -0.4 is 0 Å². The molecule has 7 heteroatoms. The standard InChI is InChI=1S/C25H21Cl2NO3S/c1-32(30,31)22-11-7-19(8-12-22)24(18-5-9-20(26)10-6-18)23-13-14-28(25(23)29)16-17-3-2-4-21(27)15-17/h2-12,15H,13-14,16H2,1H3. The molecule has 1 aliphatic rings. The number of carbonyl (C=O) groups excluding carboxylic acids is 1. The Morgan fingerprint density at radius 3 is 2.12 bits per heavy atom. The first kappa shape index (κ1) is 22.6. The summed E-state index contributed by atoms with van der Waals surface area (Å²) in [6, 6.07) is 21.5. The van der Waals surface area contributed by atoms with Crippen LogP contribution in [-0.4, -0.2) is 32.0 Å². The molecule has 0 radical (unpaired) electrons. The third-order valence-corrected chi connectivity index (χ3v) is 7.06. The van der Waals surface area contributed by atoms with Crippen molar-refractivity contribution in [2.24, 2.45) is 0 Å². The Labute approximate surface area is 198 Å². The van der Waals surface area contributed by atoms with E-state index in [-0.39, 0.29) is 10.8 Å². The minimum atomic E-state index is -3.31. The number of carbonyl (C=O) groups is 1. The Balaban J connectivity index is 1.75. The van der Waals surface area contributed by atoms with Crippen LogP contribution in [0.2, 0.25) is 10.0 Å². The van der Waals surface area contributed by atoms with Gasteiger partial charge in [-0.05, 0) is 65.1 Å². The molecule has 3 aromatic rings. The summed E-state index contributed by atoms with van der Waals surface area (Å²) < 4.78 is 23.7. The van der Waals surface area contributed by atoms with Crippen LogP contribution >= 0.6 is 23.2 Å². The van der Waals surface area contributed by atoms with Gasteiger partial charge in [0.25, 0.3) is 5.91 Å². The number of rotatable bonds is 5. The monoisotopic (exact) mass is 485 g/mol. The van der Waals surface area contributed by atoms with Gasteiger partial charge in [-0.1, -0.05) is 59.6 Å². The molecule has 164 valence electrons. The van der Waals surface area contributed by atoms with Gasteiger partial charge in [0.2, 0.25) is 0 Å². The van der Waals surface area contributed by atoms with E-state index in [0.717, 1.165) is 22.3 Å². The lowest BCUT2D eigenvalue weighted by Crippen LogP contribution is -2.24. The van der Waals surface area contributed by atoms with Gasteiger partial charge in [-0.3, -0.25) is 4.79 Å². The van der Waals surface area contributed by atoms with Gasteiger partial charge in [-0.25, -0.2) is 8.42 Å². The van der Waals surface area contributed by atoms with E-state index in [9.17, 15) is 13.2 Å². The summed E-state index contributed by atoms with van der Waals surface area (Å²) in [5, 5.41) is 1.24. The number of sulfone groups is 1. The Morgan fingerprint density at radius 1 is 0.906 bits per heavy atom. The summed E-state index contributed by atoms with van der Waals surface area (Å²) in [6.07, 6.45) is 1.76. The van der Waals surface area contributed by atoms with Gasteiger partial charge in [-0.15, -0.1) is 0 Å². The molecule has 1 aliphatic heterocycles. The second-order valence-electron chi connectivity index (χ2n) is 7.76. The molecule has 0 bridgehead atoms. The van der Waals surface area contributed by atoms with E-state index in [0.29, 0.717) is 35.1 Å². The molecule has 32 heavy (non-hydrogen) atoms. The van der Waals surface area contributed by atoms with E-state index >= 15 is 0 Å². The second-order valence-corrected chi connectivity index (χ2v) is 10.7. The van der Waals surface area contributed by atoms with Gasteiger partial charge < -0.3 is 4.90 Å². The smallest absolute Gasteiger partial charge is 0.250 e. The maximum absolute atomic E-state index is 13.4. The van der Waals surface area contributed by atoms with E-state index in [2.05, 4.69) is 0 Å². The number of halogens is 2. The fraction of sp³-hybridized carbons (Fsp3) is 0.160. The summed E-state index contributed by atoms with van der Waals surface area (Å²) in [5.41, 5.74) is 4.10. The van der Waals surface area contributed by atoms with E-state index < -0.39 is 9.84 Å². The fourth-order valence-electron chi connectivity index (χ4n) is 3.89. The predicted molar refractivity (Wildman–Crippen MR) is 129 cm³/mol. The zero-order valence-corrected chi connectivity index (χ0v) is 19.7. The largest absolute Gasteiger partial charge is 0.334 e. The Morgan fingerprint density at radius 2 is 1.53 bits per heavy atom. The highest BCUT2D eigenvalue weighted by atomic mass is 35.5. The van der Waals surface area contributed by atoms with Gasteiger partial charge in [0.15, 0.2) is 9.84 Å². The summed E-state index contributed by atoms with van der Waals surface area (Å²) in [5.74, 6) is -0.0397. The molecular weight excluding hydrogens is 465 g/mol. The molecule has 0 saturated carbocycles. The molecule has 0 aliphatic carbocycles. The van der Waals surface area contributed by atoms with Crippen molar-refractivity contribution in [2.75, 3.05) is 12.8 Å². The summed E-state index contributed by atoms with van der Waals surface area (Å²) in [7, 11) is -3.31. The van der Waals surface area contributed by atoms with Crippen molar-refractivity contribution < 1.29 is 13.2 Å². The maximum Gasteiger partial charge on any atom is 0.250 e. The molecular formula is C25H21Cl2NO3S. The molecule has 0 unspecified atom stereocenters. The summed E-state index contributed by atoms with van der Waals surface area (Å²) >= 11 is 12.2. The van der Waals surface area contributed by atoms with Crippen LogP contribution in [0.5, 0.6) is 0 Å². The maximum atomic E-state index is 13.4. The third-order valence-electron chi connectivity index (χ3n) is 5.45. The van der Waals surface area contributed by atoms with Gasteiger partial charge >= 0.3 is 0 Å². The molecule has 0 aromatic heterocycles. The topological polar surface area (TPSA) is 54.5 Å². The highest BCUT2D eigenvalue weighted by Crippen LogP contribution is 2.34. The lowest BCUT2D eigenvalue weighted by atomic mass is 9.92. The Kier molecular flexibility index (Phi) is 6.42. The van der Waals surface area contributed by atoms with Crippen molar-refractivity contribution in [2.45, 2.75) is 17.9 Å². The van der Waals surface area contributed by atoms with Crippen LogP contribution in [0.4, 0.5) is 0 Å². The highest BCUT2D eigenvalue weighted by Gasteiger charge is 2.30. The molecule has 1 fully saturated rings. The molecule has 1 heterocycles. The number of hydrogen-bond donors (Lipinski definition) is 0. The molecule has 1 saturated heterocycles. The van der Waals surface area contributed by atoms with E-state index in [4.69, 9.17) is 23.2 Å². The van der Waals surface area contributed by atoms with Crippen LogP contribution in [0, 0.1) is 0 Å². The quantitative estimate of drug-likeness (QED) is 0.439. The Bertz CT molecular complexity index is 1300. The lowest BCUT2D eigenvalue weighted by Gasteiger charge is -2.17. The third kappa shape index (κ3) is 4.90. The van der Waals surface area contributed by atoms with Gasteiger partial charge in [0.1, 0.15) is 0 Å². The van der Waals surface area contributed by atoms with Gasteiger partial charge in [0.05, 0.1) is 4.90 Å². The van der Waals surface area contributed by atoms with Crippen LogP contribution in [-0.2, 0) is 21.2 Å². The molecule has 0 spiro atoms. The van der Waals surface area contributed by atoms with Crippen molar-refractivity contribution >= 4 is 44.5 Å². The minimum Gasteiger partial charge on any atom is -0.334 e. The number of likely N-dealkylation sites (tertiary alicyclic amines) is 1. The second kappa shape index (κ2) is 9.10. The van der Waals surface area contributed by atoms with Crippen LogP contribution in [0.1, 0.15) is 23.1 Å². The van der Waals surface area contributed by atoms with Crippen molar-refractivity contribution in [3.63, 3.8) is 0 Å². The van der Waals surface area contributed by atoms with Crippen molar-refractivity contribution in [1.82, 2.24) is 4.90 Å². The molecule has 3 aromatic carbocycles. The SMILES string of the molecule is CS(=O)(=O)c1ccc(C(=C2CCN(Cc3cccc(Cl)c3)C2=O)c2ccc(Cl)cc2)cc1. The van der Waals surface area contributed by atoms with Crippen molar-refractivity contribution in [3.05, 3.63) is 105 Å². The average molecular weight is 486 g/mol. The number of amides is 1. The number of hydrogen-bond acceptors (Lipinski definition) is 3. The first-order valence-electron chi connectivity index (χ1n) is 10.1. The van der Waals surface area contributed by atoms with Crippen molar-refractivity contribution in [1.29, 1.82) is 0 Å². The first-order valence-corrected chi connectivity index (χ1v) is 12.7. The molecule has 1 amide bonds. The lowest BCUT2D eigenvalue weighted by molar-refractivity contribution is -0.125. The zero-order chi connectivity index (χ0) is 22.9.